The molecule has 0 radical (unpaired) electrons. The second-order valence-electron chi connectivity index (χ2n) is 6.80. The van der Waals surface area contributed by atoms with E-state index in [-0.39, 0.29) is 5.56 Å². The maximum absolute atomic E-state index is 12.5. The number of pyridine rings is 1. The lowest BCUT2D eigenvalue weighted by Crippen LogP contribution is -2.10. The number of aryl methyl sites for hydroxylation is 2. The second-order valence-corrected chi connectivity index (χ2v) is 7.24. The van der Waals surface area contributed by atoms with Crippen LogP contribution >= 0.6 is 11.6 Å². The van der Waals surface area contributed by atoms with Gasteiger partial charge < -0.3 is 23.7 Å². The molecule has 0 aliphatic rings. The van der Waals surface area contributed by atoms with Crippen LogP contribution in [0, 0.1) is 0 Å². The van der Waals surface area contributed by atoms with E-state index in [0.717, 1.165) is 11.1 Å². The van der Waals surface area contributed by atoms with Crippen LogP contribution in [-0.2, 0) is 12.8 Å². The summed E-state index contributed by atoms with van der Waals surface area (Å²) in [5, 5.41) is 0.352. The van der Waals surface area contributed by atoms with Crippen molar-refractivity contribution >= 4 is 17.6 Å². The number of ether oxygens (including phenoxy) is 5. The molecule has 1 heterocycles. The molecular weight excluding hydrogens is 434 g/mol. The molecule has 3 rings (SSSR count). The molecule has 7 nitrogen and oxygen atoms in total. The summed E-state index contributed by atoms with van der Waals surface area (Å²) in [6.07, 6.45) is 4.23. The van der Waals surface area contributed by atoms with Crippen LogP contribution in [0.4, 0.5) is 0 Å². The molecule has 3 aromatic rings. The lowest BCUT2D eigenvalue weighted by atomic mass is 10.0. The summed E-state index contributed by atoms with van der Waals surface area (Å²) in [4.78, 5) is 16.4. The van der Waals surface area contributed by atoms with E-state index < -0.39 is 5.97 Å². The quantitative estimate of drug-likeness (QED) is 0.338. The topological polar surface area (TPSA) is 76.1 Å². The van der Waals surface area contributed by atoms with Crippen LogP contribution in [0.3, 0.4) is 0 Å². The molecule has 0 unspecified atom stereocenters. The fraction of sp³-hybridized carbons (Fsp3) is 0.250. The van der Waals surface area contributed by atoms with Crippen molar-refractivity contribution in [3.05, 3.63) is 70.5 Å². The number of nitrogens with zero attached hydrogens (tertiary/aromatic N) is 1. The van der Waals surface area contributed by atoms with E-state index in [9.17, 15) is 4.79 Å². The molecule has 0 atom stereocenters. The third kappa shape index (κ3) is 5.42. The van der Waals surface area contributed by atoms with Gasteiger partial charge in [-0.3, -0.25) is 4.98 Å². The number of hydrogen-bond acceptors (Lipinski definition) is 7. The van der Waals surface area contributed by atoms with E-state index in [1.165, 1.54) is 25.6 Å². The van der Waals surface area contributed by atoms with Crippen molar-refractivity contribution in [2.75, 3.05) is 28.4 Å². The second kappa shape index (κ2) is 10.7. The number of methoxy groups -OCH3 is 4. The van der Waals surface area contributed by atoms with Gasteiger partial charge in [-0.1, -0.05) is 17.7 Å². The first-order valence-corrected chi connectivity index (χ1v) is 10.1. The van der Waals surface area contributed by atoms with Crippen molar-refractivity contribution in [3.63, 3.8) is 0 Å². The average Bonchev–Trinajstić information content (AvgIpc) is 2.82. The summed E-state index contributed by atoms with van der Waals surface area (Å²) in [5.41, 5.74) is 2.23. The van der Waals surface area contributed by atoms with Gasteiger partial charge in [-0.05, 0) is 54.3 Å². The Morgan fingerprint density at radius 2 is 1.41 bits per heavy atom. The molecule has 32 heavy (non-hydrogen) atoms. The van der Waals surface area contributed by atoms with Gasteiger partial charge in [-0.25, -0.2) is 4.79 Å². The maximum atomic E-state index is 12.5. The molecule has 168 valence electrons. The minimum atomic E-state index is -0.569. The highest BCUT2D eigenvalue weighted by Crippen LogP contribution is 2.38. The molecule has 0 aliphatic heterocycles. The van der Waals surface area contributed by atoms with E-state index in [4.69, 9.17) is 35.3 Å². The van der Waals surface area contributed by atoms with Gasteiger partial charge in [-0.2, -0.15) is 0 Å². The van der Waals surface area contributed by atoms with E-state index in [1.54, 1.807) is 33.5 Å². The van der Waals surface area contributed by atoms with Crippen molar-refractivity contribution < 1.29 is 28.5 Å². The number of esters is 1. The van der Waals surface area contributed by atoms with Crippen LogP contribution in [-0.4, -0.2) is 39.4 Å². The van der Waals surface area contributed by atoms with Gasteiger partial charge in [0.15, 0.2) is 23.0 Å². The van der Waals surface area contributed by atoms with Gasteiger partial charge in [0, 0.05) is 12.4 Å². The molecular formula is C24H24ClNO6. The van der Waals surface area contributed by atoms with Gasteiger partial charge in [0.1, 0.15) is 0 Å². The Bertz CT molecular complexity index is 1080. The SMILES string of the molecule is COc1ccc(CCc2cc(OC)c(OC)c(OC)c2)cc1OC(=O)c1cncc(Cl)c1. The number of benzene rings is 2. The lowest BCUT2D eigenvalue weighted by molar-refractivity contribution is 0.0729. The van der Waals surface area contributed by atoms with Crippen LogP contribution in [0.5, 0.6) is 28.7 Å². The minimum absolute atomic E-state index is 0.252. The molecule has 2 aromatic carbocycles. The molecule has 0 bridgehead atoms. The average molecular weight is 458 g/mol. The highest BCUT2D eigenvalue weighted by molar-refractivity contribution is 6.30. The zero-order valence-electron chi connectivity index (χ0n) is 18.3. The molecule has 1 aromatic heterocycles. The molecule has 0 fully saturated rings. The monoisotopic (exact) mass is 457 g/mol. The molecule has 0 saturated carbocycles. The Morgan fingerprint density at radius 1 is 0.781 bits per heavy atom. The van der Waals surface area contributed by atoms with Crippen molar-refractivity contribution in [2.24, 2.45) is 0 Å². The molecule has 0 saturated heterocycles. The Morgan fingerprint density at radius 3 is 2.00 bits per heavy atom. The van der Waals surface area contributed by atoms with E-state index in [1.807, 2.05) is 18.2 Å². The molecule has 8 heteroatoms. The van der Waals surface area contributed by atoms with E-state index in [0.29, 0.717) is 46.6 Å². The van der Waals surface area contributed by atoms with Gasteiger partial charge in [0.05, 0.1) is 39.0 Å². The van der Waals surface area contributed by atoms with Gasteiger partial charge in [0.25, 0.3) is 0 Å². The molecule has 0 amide bonds. The van der Waals surface area contributed by atoms with Gasteiger partial charge in [0.2, 0.25) is 5.75 Å². The highest BCUT2D eigenvalue weighted by atomic mass is 35.5. The zero-order chi connectivity index (χ0) is 23.1. The van der Waals surface area contributed by atoms with E-state index in [2.05, 4.69) is 4.98 Å². The lowest BCUT2D eigenvalue weighted by Gasteiger charge is -2.14. The Labute approximate surface area is 191 Å². The predicted octanol–water partition coefficient (Wildman–Crippen LogP) is 4.77. The number of aromatic nitrogens is 1. The summed E-state index contributed by atoms with van der Waals surface area (Å²) < 4.78 is 27.1. The van der Waals surface area contributed by atoms with Gasteiger partial charge >= 0.3 is 5.97 Å². The van der Waals surface area contributed by atoms with Gasteiger partial charge in [-0.15, -0.1) is 0 Å². The Balaban J connectivity index is 1.79. The minimum Gasteiger partial charge on any atom is -0.493 e. The van der Waals surface area contributed by atoms with Crippen molar-refractivity contribution in [1.29, 1.82) is 0 Å². The molecule has 0 N–H and O–H groups in total. The molecule has 0 aliphatic carbocycles. The molecule has 0 spiro atoms. The number of rotatable bonds is 9. The smallest absolute Gasteiger partial charge is 0.345 e. The van der Waals surface area contributed by atoms with Crippen LogP contribution < -0.4 is 23.7 Å². The third-order valence-electron chi connectivity index (χ3n) is 4.80. The largest absolute Gasteiger partial charge is 0.493 e. The third-order valence-corrected chi connectivity index (χ3v) is 5.00. The zero-order valence-corrected chi connectivity index (χ0v) is 19.1. The van der Waals surface area contributed by atoms with Crippen molar-refractivity contribution in [2.45, 2.75) is 12.8 Å². The van der Waals surface area contributed by atoms with Crippen molar-refractivity contribution in [3.8, 4) is 28.7 Å². The fourth-order valence-electron chi connectivity index (χ4n) is 3.21. The first-order valence-electron chi connectivity index (χ1n) is 9.77. The van der Waals surface area contributed by atoms with Crippen LogP contribution in [0.15, 0.2) is 48.8 Å². The summed E-state index contributed by atoms with van der Waals surface area (Å²) in [5.74, 6) is 1.94. The maximum Gasteiger partial charge on any atom is 0.345 e. The van der Waals surface area contributed by atoms with Crippen LogP contribution in [0.2, 0.25) is 5.02 Å². The first-order chi connectivity index (χ1) is 15.5. The summed E-state index contributed by atoms with van der Waals surface area (Å²) >= 11 is 5.92. The number of hydrogen-bond donors (Lipinski definition) is 0. The Kier molecular flexibility index (Phi) is 7.78. The van der Waals surface area contributed by atoms with Crippen LogP contribution in [0.1, 0.15) is 21.5 Å². The summed E-state index contributed by atoms with van der Waals surface area (Å²) in [7, 11) is 6.25. The number of carbonyl (C=O) groups is 1. The van der Waals surface area contributed by atoms with Crippen molar-refractivity contribution in [1.82, 2.24) is 4.98 Å². The normalized spacial score (nSPS) is 10.4. The van der Waals surface area contributed by atoms with Crippen LogP contribution in [0.25, 0.3) is 0 Å². The Hall–Kier alpha value is -3.45. The number of carbonyl (C=O) groups excluding carboxylic acids is 1. The highest BCUT2D eigenvalue weighted by Gasteiger charge is 2.16. The summed E-state index contributed by atoms with van der Waals surface area (Å²) in [6.45, 7) is 0. The summed E-state index contributed by atoms with van der Waals surface area (Å²) in [6, 6.07) is 10.8. The first kappa shape index (κ1) is 23.2. The standard InChI is InChI=1S/C24H24ClNO6/c1-28-19-8-7-15(9-20(19)32-24(27)17-12-18(25)14-26-13-17)5-6-16-10-21(29-2)23(31-4)22(11-16)30-3/h7-14H,5-6H2,1-4H3. The number of halogens is 1. The van der Waals surface area contributed by atoms with E-state index >= 15 is 0 Å². The predicted molar refractivity (Wildman–Crippen MR) is 121 cm³/mol. The fourth-order valence-corrected chi connectivity index (χ4v) is 3.38.